The number of carbonyl (C=O) groups excluding carboxylic acids is 2. The van der Waals surface area contributed by atoms with Crippen LogP contribution in [0.25, 0.3) is 0 Å². The van der Waals surface area contributed by atoms with Crippen molar-refractivity contribution in [2.75, 3.05) is 0 Å². The number of hydrogen-bond acceptors (Lipinski definition) is 2. The fraction of sp³-hybridized carbons (Fsp3) is 0.385. The Morgan fingerprint density at radius 1 is 1.12 bits per heavy atom. The van der Waals surface area contributed by atoms with Crippen molar-refractivity contribution in [3.8, 4) is 0 Å². The zero-order valence-electron chi connectivity index (χ0n) is 9.53. The zero-order valence-corrected chi connectivity index (χ0v) is 9.53. The quantitative estimate of drug-likeness (QED) is 0.796. The van der Waals surface area contributed by atoms with Gasteiger partial charge in [0.1, 0.15) is 5.78 Å². The molecule has 0 fully saturated rings. The topological polar surface area (TPSA) is 46.2 Å². The molecule has 1 aromatic rings. The van der Waals surface area contributed by atoms with Gasteiger partial charge in [0.05, 0.1) is 0 Å². The van der Waals surface area contributed by atoms with Crippen LogP contribution in [0.5, 0.6) is 0 Å². The zero-order chi connectivity index (χ0) is 11.8. The Balaban J connectivity index is 2.18. The summed E-state index contributed by atoms with van der Waals surface area (Å²) in [6, 6.07) is 9.76. The van der Waals surface area contributed by atoms with Crippen molar-refractivity contribution in [1.29, 1.82) is 0 Å². The average Bonchev–Trinajstić information content (AvgIpc) is 2.27. The first-order valence-electron chi connectivity index (χ1n) is 5.48. The van der Waals surface area contributed by atoms with Gasteiger partial charge in [-0.15, -0.1) is 0 Å². The van der Waals surface area contributed by atoms with Gasteiger partial charge in [-0.3, -0.25) is 4.79 Å². The van der Waals surface area contributed by atoms with E-state index >= 15 is 0 Å². The summed E-state index contributed by atoms with van der Waals surface area (Å²) in [7, 11) is 0. The van der Waals surface area contributed by atoms with Gasteiger partial charge < -0.3 is 10.1 Å². The molecular weight excluding hydrogens is 202 g/mol. The number of nitrogens with one attached hydrogen (secondary N) is 1. The highest BCUT2D eigenvalue weighted by Gasteiger charge is 2.02. The number of ketones is 1. The van der Waals surface area contributed by atoms with Crippen molar-refractivity contribution in [1.82, 2.24) is 5.32 Å². The minimum atomic E-state index is 0.00473. The first kappa shape index (κ1) is 12.4. The minimum absolute atomic E-state index is 0.00473. The second kappa shape index (κ2) is 6.77. The molecule has 0 unspecified atom stereocenters. The van der Waals surface area contributed by atoms with E-state index in [4.69, 9.17) is 0 Å². The third-order valence-corrected chi connectivity index (χ3v) is 2.27. The predicted octanol–water partition coefficient (Wildman–Crippen LogP) is 2.06. The lowest BCUT2D eigenvalue weighted by molar-refractivity contribution is -0.121. The second-order valence-corrected chi connectivity index (χ2v) is 3.82. The molecule has 0 spiro atoms. The molecule has 0 aromatic heterocycles. The number of Topliss-reactive ketones (excluding diaryl/α,β-unsaturated/α-hetero) is 1. The van der Waals surface area contributed by atoms with E-state index < -0.39 is 0 Å². The van der Waals surface area contributed by atoms with Gasteiger partial charge in [-0.05, 0) is 18.9 Å². The van der Waals surface area contributed by atoms with Crippen LogP contribution in [0.1, 0.15) is 31.7 Å². The predicted molar refractivity (Wildman–Crippen MR) is 62.8 cm³/mol. The monoisotopic (exact) mass is 219 g/mol. The number of carbonyl (C=O) groups is 2. The highest BCUT2D eigenvalue weighted by molar-refractivity contribution is 5.78. The van der Waals surface area contributed by atoms with Crippen molar-refractivity contribution in [2.24, 2.45) is 0 Å². The van der Waals surface area contributed by atoms with E-state index in [-0.39, 0.29) is 11.7 Å². The molecule has 1 rings (SSSR count). The van der Waals surface area contributed by atoms with Crippen LogP contribution in [0.2, 0.25) is 0 Å². The Morgan fingerprint density at radius 2 is 1.81 bits per heavy atom. The maximum atomic E-state index is 11.4. The lowest BCUT2D eigenvalue weighted by atomic mass is 10.2. The Bertz CT molecular complexity index is 346. The van der Waals surface area contributed by atoms with Crippen LogP contribution in [0.4, 0.5) is 0 Å². The average molecular weight is 219 g/mol. The highest BCUT2D eigenvalue weighted by atomic mass is 16.1. The third kappa shape index (κ3) is 5.29. The summed E-state index contributed by atoms with van der Waals surface area (Å²) in [5.74, 6) is 0.140. The summed E-state index contributed by atoms with van der Waals surface area (Å²) in [6.07, 6.45) is 1.54. The molecule has 1 amide bonds. The Labute approximate surface area is 95.9 Å². The van der Waals surface area contributed by atoms with E-state index in [0.717, 1.165) is 5.56 Å². The largest absolute Gasteiger partial charge is 0.352 e. The fourth-order valence-electron chi connectivity index (χ4n) is 1.38. The Morgan fingerprint density at radius 3 is 2.44 bits per heavy atom. The van der Waals surface area contributed by atoms with Crippen LogP contribution in [0.3, 0.4) is 0 Å². The molecule has 0 heterocycles. The summed E-state index contributed by atoms with van der Waals surface area (Å²) in [5.41, 5.74) is 1.09. The van der Waals surface area contributed by atoms with Crippen molar-refractivity contribution in [3.63, 3.8) is 0 Å². The maximum absolute atomic E-state index is 11.4. The molecular formula is C13H17NO2. The molecule has 0 bridgehead atoms. The summed E-state index contributed by atoms with van der Waals surface area (Å²) < 4.78 is 0. The lowest BCUT2D eigenvalue weighted by Crippen LogP contribution is -2.22. The molecule has 86 valence electrons. The Hall–Kier alpha value is -1.64. The minimum Gasteiger partial charge on any atom is -0.352 e. The molecule has 1 aromatic carbocycles. The molecule has 0 atom stereocenters. The van der Waals surface area contributed by atoms with Crippen LogP contribution in [0.15, 0.2) is 30.3 Å². The molecule has 0 aliphatic heterocycles. The summed E-state index contributed by atoms with van der Waals surface area (Å²) in [4.78, 5) is 22.0. The molecule has 0 aliphatic rings. The van der Waals surface area contributed by atoms with Crippen LogP contribution >= 0.6 is 0 Å². The van der Waals surface area contributed by atoms with E-state index in [0.29, 0.717) is 25.8 Å². The summed E-state index contributed by atoms with van der Waals surface area (Å²) in [5, 5.41) is 2.82. The van der Waals surface area contributed by atoms with Gasteiger partial charge in [0.2, 0.25) is 5.91 Å². The van der Waals surface area contributed by atoms with E-state index in [1.807, 2.05) is 30.3 Å². The van der Waals surface area contributed by atoms with Gasteiger partial charge in [-0.25, -0.2) is 0 Å². The molecule has 3 heteroatoms. The van der Waals surface area contributed by atoms with Gasteiger partial charge in [0, 0.05) is 19.4 Å². The molecule has 0 aliphatic carbocycles. The standard InChI is InChI=1S/C13H17NO2/c1-11(15)6-5-9-13(16)14-10-12-7-3-2-4-8-12/h2-4,7-8H,5-6,9-10H2,1H3,(H,14,16). The van der Waals surface area contributed by atoms with E-state index in [9.17, 15) is 9.59 Å². The SMILES string of the molecule is CC(=O)CCCC(=O)NCc1ccccc1. The van der Waals surface area contributed by atoms with Crippen molar-refractivity contribution in [3.05, 3.63) is 35.9 Å². The lowest BCUT2D eigenvalue weighted by Gasteiger charge is -2.04. The first-order valence-corrected chi connectivity index (χ1v) is 5.48. The van der Waals surface area contributed by atoms with Crippen LogP contribution < -0.4 is 5.32 Å². The van der Waals surface area contributed by atoms with Gasteiger partial charge in [-0.2, -0.15) is 0 Å². The fourth-order valence-corrected chi connectivity index (χ4v) is 1.38. The number of rotatable bonds is 6. The van der Waals surface area contributed by atoms with Gasteiger partial charge in [-0.1, -0.05) is 30.3 Å². The number of benzene rings is 1. The van der Waals surface area contributed by atoms with E-state index in [2.05, 4.69) is 5.32 Å². The second-order valence-electron chi connectivity index (χ2n) is 3.82. The van der Waals surface area contributed by atoms with Gasteiger partial charge in [0.25, 0.3) is 0 Å². The molecule has 0 saturated carbocycles. The van der Waals surface area contributed by atoms with Crippen molar-refractivity contribution >= 4 is 11.7 Å². The van der Waals surface area contributed by atoms with Crippen molar-refractivity contribution < 1.29 is 9.59 Å². The number of amides is 1. The summed E-state index contributed by atoms with van der Waals surface area (Å²) in [6.45, 7) is 2.10. The van der Waals surface area contributed by atoms with Gasteiger partial charge >= 0.3 is 0 Å². The molecule has 0 radical (unpaired) electrons. The normalized spacial score (nSPS) is 9.81. The van der Waals surface area contributed by atoms with Crippen LogP contribution in [0, 0.1) is 0 Å². The molecule has 1 N–H and O–H groups in total. The van der Waals surface area contributed by atoms with E-state index in [1.165, 1.54) is 0 Å². The van der Waals surface area contributed by atoms with E-state index in [1.54, 1.807) is 6.92 Å². The van der Waals surface area contributed by atoms with Crippen LogP contribution in [-0.2, 0) is 16.1 Å². The molecule has 16 heavy (non-hydrogen) atoms. The highest BCUT2D eigenvalue weighted by Crippen LogP contribution is 1.99. The molecule has 0 saturated heterocycles. The third-order valence-electron chi connectivity index (χ3n) is 2.27. The molecule has 3 nitrogen and oxygen atoms in total. The summed E-state index contributed by atoms with van der Waals surface area (Å²) >= 11 is 0. The smallest absolute Gasteiger partial charge is 0.220 e. The van der Waals surface area contributed by atoms with Gasteiger partial charge in [0.15, 0.2) is 0 Å². The Kier molecular flexibility index (Phi) is 5.26. The first-order chi connectivity index (χ1) is 7.68. The maximum Gasteiger partial charge on any atom is 0.220 e. The number of hydrogen-bond donors (Lipinski definition) is 1. The van der Waals surface area contributed by atoms with Crippen LogP contribution in [-0.4, -0.2) is 11.7 Å². The van der Waals surface area contributed by atoms with Crippen molar-refractivity contribution in [2.45, 2.75) is 32.7 Å².